The number of guanidine groups is 1. The number of hydrogen-bond donors (Lipinski definition) is 1. The predicted molar refractivity (Wildman–Crippen MR) is 102 cm³/mol. The summed E-state index contributed by atoms with van der Waals surface area (Å²) in [6.07, 6.45) is 9.61. The van der Waals surface area contributed by atoms with Crippen molar-refractivity contribution < 1.29 is 8.42 Å². The minimum absolute atomic E-state index is 0.00496. The standard InChI is InChI=1S/C17H34N4O2S/c1-5-7-8-9-10-13-20(3)17(18-6-2)19-15-16-12-11-14-21(16)24(4,22)23/h5,16H,1,6-15H2,2-4H3,(H,18,19)/t16-/m1/s1. The van der Waals surface area contributed by atoms with Crippen LogP contribution in [0.4, 0.5) is 0 Å². The van der Waals surface area contributed by atoms with Gasteiger partial charge in [-0.05, 0) is 39.0 Å². The number of aliphatic imine (C=N–C) groups is 1. The molecule has 0 aliphatic carbocycles. The molecule has 24 heavy (non-hydrogen) atoms. The minimum Gasteiger partial charge on any atom is -0.357 e. The van der Waals surface area contributed by atoms with Crippen LogP contribution in [-0.4, -0.2) is 69.1 Å². The second-order valence-corrected chi connectivity index (χ2v) is 8.36. The predicted octanol–water partition coefficient (Wildman–Crippen LogP) is 2.05. The number of sulfonamides is 1. The van der Waals surface area contributed by atoms with E-state index >= 15 is 0 Å². The van der Waals surface area contributed by atoms with Crippen molar-refractivity contribution in [3.8, 4) is 0 Å². The highest BCUT2D eigenvalue weighted by atomic mass is 32.2. The van der Waals surface area contributed by atoms with E-state index in [4.69, 9.17) is 0 Å². The van der Waals surface area contributed by atoms with Crippen LogP contribution in [0, 0.1) is 0 Å². The van der Waals surface area contributed by atoms with Crippen molar-refractivity contribution in [3.05, 3.63) is 12.7 Å². The molecule has 1 aliphatic heterocycles. The molecule has 0 bridgehead atoms. The molecule has 0 spiro atoms. The minimum atomic E-state index is -3.13. The van der Waals surface area contributed by atoms with Crippen molar-refractivity contribution in [3.63, 3.8) is 0 Å². The molecule has 0 amide bonds. The summed E-state index contributed by atoms with van der Waals surface area (Å²) in [7, 11) is -1.09. The van der Waals surface area contributed by atoms with Gasteiger partial charge in [0.25, 0.3) is 0 Å². The van der Waals surface area contributed by atoms with E-state index in [2.05, 4.69) is 21.8 Å². The Labute approximate surface area is 148 Å². The van der Waals surface area contributed by atoms with Crippen LogP contribution < -0.4 is 5.32 Å². The fraction of sp³-hybridized carbons (Fsp3) is 0.824. The van der Waals surface area contributed by atoms with Crippen LogP contribution in [0.2, 0.25) is 0 Å². The highest BCUT2D eigenvalue weighted by Crippen LogP contribution is 2.20. The first kappa shape index (κ1) is 21.0. The lowest BCUT2D eigenvalue weighted by molar-refractivity contribution is 0.393. The van der Waals surface area contributed by atoms with E-state index in [1.54, 1.807) is 4.31 Å². The molecule has 1 atom stereocenters. The largest absolute Gasteiger partial charge is 0.357 e. The van der Waals surface area contributed by atoms with E-state index in [-0.39, 0.29) is 6.04 Å². The van der Waals surface area contributed by atoms with E-state index in [9.17, 15) is 8.42 Å². The fourth-order valence-electron chi connectivity index (χ4n) is 3.01. The number of rotatable bonds is 10. The maximum atomic E-state index is 11.8. The number of nitrogens with zero attached hydrogens (tertiary/aromatic N) is 3. The van der Waals surface area contributed by atoms with Crippen LogP contribution >= 0.6 is 0 Å². The summed E-state index contributed by atoms with van der Waals surface area (Å²) >= 11 is 0. The molecule has 1 saturated heterocycles. The van der Waals surface area contributed by atoms with Crippen LogP contribution in [0.25, 0.3) is 0 Å². The summed E-state index contributed by atoms with van der Waals surface area (Å²) < 4.78 is 25.2. The molecule has 140 valence electrons. The summed E-state index contributed by atoms with van der Waals surface area (Å²) in [4.78, 5) is 6.82. The third-order valence-electron chi connectivity index (χ3n) is 4.30. The van der Waals surface area contributed by atoms with Crippen LogP contribution in [-0.2, 0) is 10.0 Å². The molecule has 0 unspecified atom stereocenters. The van der Waals surface area contributed by atoms with Crippen molar-refractivity contribution >= 4 is 16.0 Å². The van der Waals surface area contributed by atoms with Gasteiger partial charge in [0.1, 0.15) is 0 Å². The van der Waals surface area contributed by atoms with Crippen LogP contribution in [0.5, 0.6) is 0 Å². The summed E-state index contributed by atoms with van der Waals surface area (Å²) in [5.74, 6) is 0.863. The van der Waals surface area contributed by atoms with Gasteiger partial charge in [0.15, 0.2) is 5.96 Å². The lowest BCUT2D eigenvalue weighted by atomic mass is 10.2. The Kier molecular flexibility index (Phi) is 9.36. The van der Waals surface area contributed by atoms with Gasteiger partial charge in [-0.15, -0.1) is 6.58 Å². The first-order valence-corrected chi connectivity index (χ1v) is 10.8. The second kappa shape index (κ2) is 10.7. The molecule has 0 aromatic heterocycles. The number of hydrogen-bond acceptors (Lipinski definition) is 3. The Morgan fingerprint density at radius 2 is 2.17 bits per heavy atom. The highest BCUT2D eigenvalue weighted by Gasteiger charge is 2.31. The van der Waals surface area contributed by atoms with Gasteiger partial charge in [-0.3, -0.25) is 4.99 Å². The van der Waals surface area contributed by atoms with E-state index < -0.39 is 10.0 Å². The normalized spacial score (nSPS) is 19.5. The van der Waals surface area contributed by atoms with Crippen molar-refractivity contribution in [1.82, 2.24) is 14.5 Å². The van der Waals surface area contributed by atoms with Crippen molar-refractivity contribution in [2.75, 3.05) is 39.5 Å². The van der Waals surface area contributed by atoms with E-state index in [1.165, 1.54) is 19.1 Å². The van der Waals surface area contributed by atoms with E-state index in [1.807, 2.05) is 20.0 Å². The zero-order valence-corrected chi connectivity index (χ0v) is 16.3. The maximum Gasteiger partial charge on any atom is 0.211 e. The summed E-state index contributed by atoms with van der Waals surface area (Å²) in [6, 6.07) is -0.00496. The third-order valence-corrected chi connectivity index (χ3v) is 5.63. The summed E-state index contributed by atoms with van der Waals surface area (Å²) in [6.45, 7) is 8.69. The first-order chi connectivity index (χ1) is 11.4. The van der Waals surface area contributed by atoms with Gasteiger partial charge in [0.2, 0.25) is 10.0 Å². The van der Waals surface area contributed by atoms with Gasteiger partial charge in [-0.25, -0.2) is 8.42 Å². The van der Waals surface area contributed by atoms with Crippen molar-refractivity contribution in [2.45, 2.75) is 51.5 Å². The molecule has 0 aromatic rings. The monoisotopic (exact) mass is 358 g/mol. The lowest BCUT2D eigenvalue weighted by Gasteiger charge is -2.24. The van der Waals surface area contributed by atoms with Crippen LogP contribution in [0.15, 0.2) is 17.6 Å². The SMILES string of the molecule is C=CCCCCCN(C)C(=NC[C@H]1CCCN1S(C)(=O)=O)NCC. The van der Waals surface area contributed by atoms with Crippen molar-refractivity contribution in [2.24, 2.45) is 4.99 Å². The summed E-state index contributed by atoms with van der Waals surface area (Å²) in [5.41, 5.74) is 0. The topological polar surface area (TPSA) is 65.0 Å². The zero-order valence-electron chi connectivity index (χ0n) is 15.5. The van der Waals surface area contributed by atoms with E-state index in [0.29, 0.717) is 13.1 Å². The first-order valence-electron chi connectivity index (χ1n) is 8.97. The average molecular weight is 359 g/mol. The molecular weight excluding hydrogens is 324 g/mol. The zero-order chi connectivity index (χ0) is 18.0. The molecule has 1 heterocycles. The molecule has 0 aromatic carbocycles. The molecule has 1 rings (SSSR count). The Morgan fingerprint density at radius 3 is 2.79 bits per heavy atom. The quantitative estimate of drug-likeness (QED) is 0.281. The molecule has 7 heteroatoms. The molecular formula is C17H34N4O2S. The Balaban J connectivity index is 2.56. The van der Waals surface area contributed by atoms with E-state index in [0.717, 1.165) is 44.7 Å². The van der Waals surface area contributed by atoms with Crippen molar-refractivity contribution in [1.29, 1.82) is 0 Å². The van der Waals surface area contributed by atoms with Gasteiger partial charge in [0, 0.05) is 32.7 Å². The molecule has 1 N–H and O–H groups in total. The number of unbranched alkanes of at least 4 members (excludes halogenated alkanes) is 3. The molecule has 0 saturated carbocycles. The second-order valence-electron chi connectivity index (χ2n) is 6.42. The molecule has 6 nitrogen and oxygen atoms in total. The Morgan fingerprint density at radius 1 is 1.42 bits per heavy atom. The lowest BCUT2D eigenvalue weighted by Crippen LogP contribution is -2.41. The average Bonchev–Trinajstić information content (AvgIpc) is 2.99. The van der Waals surface area contributed by atoms with Crippen LogP contribution in [0.1, 0.15) is 45.4 Å². The van der Waals surface area contributed by atoms with Gasteiger partial charge in [-0.2, -0.15) is 4.31 Å². The van der Waals surface area contributed by atoms with Gasteiger partial charge in [0.05, 0.1) is 12.8 Å². The van der Waals surface area contributed by atoms with Gasteiger partial charge < -0.3 is 10.2 Å². The third kappa shape index (κ3) is 7.21. The van der Waals surface area contributed by atoms with Gasteiger partial charge in [-0.1, -0.05) is 12.5 Å². The number of allylic oxidation sites excluding steroid dienone is 1. The highest BCUT2D eigenvalue weighted by molar-refractivity contribution is 7.88. The molecule has 1 fully saturated rings. The number of nitrogens with one attached hydrogen (secondary N) is 1. The Hall–Kier alpha value is -1.08. The summed E-state index contributed by atoms with van der Waals surface area (Å²) in [5, 5.41) is 3.30. The molecule has 1 aliphatic rings. The fourth-order valence-corrected chi connectivity index (χ4v) is 4.18. The van der Waals surface area contributed by atoms with Crippen LogP contribution in [0.3, 0.4) is 0 Å². The molecule has 0 radical (unpaired) electrons. The van der Waals surface area contributed by atoms with Gasteiger partial charge >= 0.3 is 0 Å². The smallest absolute Gasteiger partial charge is 0.211 e. The Bertz CT molecular complexity index is 505. The maximum absolute atomic E-state index is 11.8.